The molecule has 2 rings (SSSR count). The van der Waals surface area contributed by atoms with Crippen LogP contribution in [-0.2, 0) is 4.79 Å². The van der Waals surface area contributed by atoms with E-state index in [0.29, 0.717) is 17.1 Å². The minimum atomic E-state index is -1.03. The number of anilines is 2. The maximum atomic E-state index is 12.3. The third-order valence-corrected chi connectivity index (χ3v) is 3.48. The molecule has 0 spiro atoms. The predicted molar refractivity (Wildman–Crippen MR) is 97.1 cm³/mol. The number of nitriles is 1. The average molecular weight is 351 g/mol. The molecule has 0 atom stereocenters. The lowest BCUT2D eigenvalue weighted by Crippen LogP contribution is -2.15. The number of aryl methyl sites for hydroxylation is 1. The van der Waals surface area contributed by atoms with Gasteiger partial charge in [0.1, 0.15) is 17.4 Å². The number of benzene rings is 2. The first kappa shape index (κ1) is 18.5. The molecular weight excluding hydrogens is 334 g/mol. The summed E-state index contributed by atoms with van der Waals surface area (Å²) in [4.78, 5) is 23.1. The number of amides is 1. The van der Waals surface area contributed by atoms with E-state index >= 15 is 0 Å². The van der Waals surface area contributed by atoms with E-state index < -0.39 is 11.9 Å². The van der Waals surface area contributed by atoms with Crippen LogP contribution in [0.4, 0.5) is 11.4 Å². The quantitative estimate of drug-likeness (QED) is 0.544. The Morgan fingerprint density at radius 2 is 1.88 bits per heavy atom. The van der Waals surface area contributed by atoms with E-state index in [2.05, 4.69) is 10.6 Å². The van der Waals surface area contributed by atoms with Gasteiger partial charge in [0.2, 0.25) is 0 Å². The van der Waals surface area contributed by atoms with Crippen LogP contribution in [0.2, 0.25) is 0 Å². The van der Waals surface area contributed by atoms with Crippen LogP contribution >= 0.6 is 0 Å². The van der Waals surface area contributed by atoms with E-state index in [1.54, 1.807) is 12.1 Å². The van der Waals surface area contributed by atoms with Crippen LogP contribution < -0.4 is 15.4 Å². The minimum Gasteiger partial charge on any atom is -0.495 e. The van der Waals surface area contributed by atoms with E-state index in [1.165, 1.54) is 37.6 Å². The van der Waals surface area contributed by atoms with Gasteiger partial charge >= 0.3 is 5.97 Å². The molecule has 2 aromatic carbocycles. The lowest BCUT2D eigenvalue weighted by Gasteiger charge is -2.10. The lowest BCUT2D eigenvalue weighted by molar-refractivity contribution is -0.112. The van der Waals surface area contributed by atoms with Gasteiger partial charge in [0.05, 0.1) is 18.4 Å². The summed E-state index contributed by atoms with van der Waals surface area (Å²) < 4.78 is 5.19. The highest BCUT2D eigenvalue weighted by molar-refractivity contribution is 6.07. The van der Waals surface area contributed by atoms with Crippen molar-refractivity contribution in [1.29, 1.82) is 5.26 Å². The second-order valence-corrected chi connectivity index (χ2v) is 5.35. The van der Waals surface area contributed by atoms with Crippen molar-refractivity contribution in [2.45, 2.75) is 6.92 Å². The van der Waals surface area contributed by atoms with Crippen LogP contribution in [-0.4, -0.2) is 24.1 Å². The fourth-order valence-corrected chi connectivity index (χ4v) is 2.12. The molecule has 0 aliphatic rings. The van der Waals surface area contributed by atoms with E-state index in [1.807, 2.05) is 19.1 Å². The van der Waals surface area contributed by atoms with Crippen LogP contribution in [0, 0.1) is 18.3 Å². The number of carbonyl (C=O) groups is 2. The molecular formula is C19H17N3O4. The molecule has 2 aromatic rings. The molecule has 0 radical (unpaired) electrons. The van der Waals surface area contributed by atoms with Crippen molar-refractivity contribution in [1.82, 2.24) is 0 Å². The van der Waals surface area contributed by atoms with Crippen LogP contribution in [0.5, 0.6) is 5.75 Å². The summed E-state index contributed by atoms with van der Waals surface area (Å²) in [5, 5.41) is 23.5. The summed E-state index contributed by atoms with van der Waals surface area (Å²) in [5.41, 5.74) is 1.94. The Hall–Kier alpha value is -3.79. The first-order valence-electron chi connectivity index (χ1n) is 7.60. The number of hydrogen-bond donors (Lipinski definition) is 3. The number of methoxy groups -OCH3 is 1. The van der Waals surface area contributed by atoms with Crippen molar-refractivity contribution >= 4 is 23.3 Å². The van der Waals surface area contributed by atoms with Gasteiger partial charge in [0.15, 0.2) is 0 Å². The second-order valence-electron chi connectivity index (χ2n) is 5.35. The zero-order chi connectivity index (χ0) is 19.1. The molecule has 0 saturated heterocycles. The minimum absolute atomic E-state index is 0.143. The third-order valence-electron chi connectivity index (χ3n) is 3.48. The van der Waals surface area contributed by atoms with Crippen molar-refractivity contribution in [3.8, 4) is 11.8 Å². The molecule has 7 heteroatoms. The Morgan fingerprint density at radius 1 is 1.19 bits per heavy atom. The largest absolute Gasteiger partial charge is 0.495 e. The van der Waals surface area contributed by atoms with Gasteiger partial charge in [-0.05, 0) is 48.9 Å². The van der Waals surface area contributed by atoms with Gasteiger partial charge in [-0.15, -0.1) is 0 Å². The molecule has 0 bridgehead atoms. The van der Waals surface area contributed by atoms with Gasteiger partial charge in [-0.1, -0.05) is 6.07 Å². The summed E-state index contributed by atoms with van der Waals surface area (Å²) in [6, 6.07) is 13.0. The highest BCUT2D eigenvalue weighted by Gasteiger charge is 2.12. The van der Waals surface area contributed by atoms with Crippen molar-refractivity contribution in [3.63, 3.8) is 0 Å². The standard InChI is InChI=1S/C19H17N3O4/c1-12-3-8-17(26-2)16(9-12)22-18(23)14(10-20)11-21-15-6-4-13(5-7-15)19(24)25/h3-9,11,21H,1-2H3,(H,22,23)(H,24,25)/b14-11-. The topological polar surface area (TPSA) is 111 Å². The smallest absolute Gasteiger partial charge is 0.335 e. The summed E-state index contributed by atoms with van der Waals surface area (Å²) in [6.07, 6.45) is 1.26. The molecule has 0 saturated carbocycles. The maximum Gasteiger partial charge on any atom is 0.335 e. The summed E-state index contributed by atoms with van der Waals surface area (Å²) >= 11 is 0. The van der Waals surface area contributed by atoms with Gasteiger partial charge in [-0.2, -0.15) is 5.26 Å². The van der Waals surface area contributed by atoms with Crippen LogP contribution in [0.25, 0.3) is 0 Å². The molecule has 0 aromatic heterocycles. The molecule has 3 N–H and O–H groups in total. The Balaban J connectivity index is 2.13. The highest BCUT2D eigenvalue weighted by atomic mass is 16.5. The molecule has 0 aliphatic heterocycles. The zero-order valence-corrected chi connectivity index (χ0v) is 14.2. The monoisotopic (exact) mass is 351 g/mol. The highest BCUT2D eigenvalue weighted by Crippen LogP contribution is 2.25. The Bertz CT molecular complexity index is 896. The SMILES string of the molecule is COc1ccc(C)cc1NC(=O)/C(C#N)=C\Nc1ccc(C(=O)O)cc1. The number of aromatic carboxylic acids is 1. The third kappa shape index (κ3) is 4.61. The summed E-state index contributed by atoms with van der Waals surface area (Å²) in [5.74, 6) is -1.14. The van der Waals surface area contributed by atoms with Crippen LogP contribution in [0.3, 0.4) is 0 Å². The zero-order valence-electron chi connectivity index (χ0n) is 14.2. The molecule has 0 unspecified atom stereocenters. The van der Waals surface area contributed by atoms with Crippen molar-refractivity contribution in [2.75, 3.05) is 17.7 Å². The fourth-order valence-electron chi connectivity index (χ4n) is 2.12. The number of nitrogens with zero attached hydrogens (tertiary/aromatic N) is 1. The molecule has 7 nitrogen and oxygen atoms in total. The van der Waals surface area contributed by atoms with Crippen LogP contribution in [0.1, 0.15) is 15.9 Å². The Kier molecular flexibility index (Phi) is 5.96. The number of carbonyl (C=O) groups excluding carboxylic acids is 1. The maximum absolute atomic E-state index is 12.3. The molecule has 1 amide bonds. The number of carboxylic acid groups (broad SMARTS) is 1. The van der Waals surface area contributed by atoms with Gasteiger partial charge in [-0.3, -0.25) is 4.79 Å². The van der Waals surface area contributed by atoms with Gasteiger partial charge < -0.3 is 20.5 Å². The summed E-state index contributed by atoms with van der Waals surface area (Å²) in [6.45, 7) is 1.87. The Morgan fingerprint density at radius 3 is 2.46 bits per heavy atom. The first-order chi connectivity index (χ1) is 12.4. The molecule has 0 aliphatic carbocycles. The number of carboxylic acids is 1. The fraction of sp³-hybridized carbons (Fsp3) is 0.105. The average Bonchev–Trinajstić information content (AvgIpc) is 2.63. The number of nitrogens with one attached hydrogen (secondary N) is 2. The van der Waals surface area contributed by atoms with Crippen molar-refractivity contribution in [2.24, 2.45) is 0 Å². The molecule has 0 heterocycles. The van der Waals surface area contributed by atoms with Crippen molar-refractivity contribution < 1.29 is 19.4 Å². The molecule has 0 fully saturated rings. The van der Waals surface area contributed by atoms with E-state index in [9.17, 15) is 14.9 Å². The summed E-state index contributed by atoms with van der Waals surface area (Å²) in [7, 11) is 1.49. The van der Waals surface area contributed by atoms with Crippen LogP contribution in [0.15, 0.2) is 54.2 Å². The second kappa shape index (κ2) is 8.35. The van der Waals surface area contributed by atoms with Crippen molar-refractivity contribution in [3.05, 3.63) is 65.4 Å². The number of hydrogen-bond acceptors (Lipinski definition) is 5. The first-order valence-corrected chi connectivity index (χ1v) is 7.60. The lowest BCUT2D eigenvalue weighted by atomic mass is 10.2. The normalized spacial score (nSPS) is 10.6. The van der Waals surface area contributed by atoms with Gasteiger partial charge in [0, 0.05) is 11.9 Å². The van der Waals surface area contributed by atoms with E-state index in [0.717, 1.165) is 5.56 Å². The van der Waals surface area contributed by atoms with Gasteiger partial charge in [0.25, 0.3) is 5.91 Å². The number of ether oxygens (including phenoxy) is 1. The number of rotatable bonds is 6. The molecule has 26 heavy (non-hydrogen) atoms. The van der Waals surface area contributed by atoms with Gasteiger partial charge in [-0.25, -0.2) is 4.79 Å². The van der Waals surface area contributed by atoms with E-state index in [4.69, 9.17) is 9.84 Å². The predicted octanol–water partition coefficient (Wildman–Crippen LogP) is 3.16. The Labute approximate surface area is 150 Å². The molecule has 132 valence electrons. The van der Waals surface area contributed by atoms with E-state index in [-0.39, 0.29) is 11.1 Å².